The first-order valence-corrected chi connectivity index (χ1v) is 7.72. The first-order chi connectivity index (χ1) is 9.60. The number of fused-ring (bicyclic) bond motifs is 1. The molecule has 3 nitrogen and oxygen atoms in total. The van der Waals surface area contributed by atoms with Crippen molar-refractivity contribution in [2.24, 2.45) is 11.7 Å². The van der Waals surface area contributed by atoms with E-state index in [0.717, 1.165) is 12.0 Å². The van der Waals surface area contributed by atoms with Crippen LogP contribution in [0.4, 0.5) is 0 Å². The molecule has 1 aromatic rings. The van der Waals surface area contributed by atoms with Gasteiger partial charge in [0.25, 0.3) is 0 Å². The van der Waals surface area contributed by atoms with Crippen molar-refractivity contribution in [2.45, 2.75) is 51.0 Å². The van der Waals surface area contributed by atoms with E-state index in [0.29, 0.717) is 18.9 Å². The Morgan fingerprint density at radius 1 is 1.35 bits per heavy atom. The van der Waals surface area contributed by atoms with Crippen molar-refractivity contribution >= 4 is 5.91 Å². The number of amides is 1. The Labute approximate surface area is 120 Å². The van der Waals surface area contributed by atoms with Crippen molar-refractivity contribution in [2.75, 3.05) is 6.54 Å². The van der Waals surface area contributed by atoms with E-state index in [1.807, 2.05) is 0 Å². The molecule has 0 aromatic heterocycles. The van der Waals surface area contributed by atoms with Crippen LogP contribution in [0.1, 0.15) is 42.9 Å². The lowest BCUT2D eigenvalue weighted by molar-refractivity contribution is -0.122. The van der Waals surface area contributed by atoms with Crippen LogP contribution in [0, 0.1) is 5.92 Å². The summed E-state index contributed by atoms with van der Waals surface area (Å²) in [5, 5.41) is 3.16. The Hall–Kier alpha value is -1.35. The third-order valence-corrected chi connectivity index (χ3v) is 4.85. The van der Waals surface area contributed by atoms with E-state index in [2.05, 4.69) is 30.4 Å². The first kappa shape index (κ1) is 13.6. The van der Waals surface area contributed by atoms with E-state index >= 15 is 0 Å². The van der Waals surface area contributed by atoms with Crippen LogP contribution in [0.3, 0.4) is 0 Å². The maximum absolute atomic E-state index is 12.3. The summed E-state index contributed by atoms with van der Waals surface area (Å²) in [5.41, 5.74) is 9.64. The quantitative estimate of drug-likeness (QED) is 0.861. The maximum atomic E-state index is 12.3. The van der Waals surface area contributed by atoms with Gasteiger partial charge in [-0.2, -0.15) is 0 Å². The zero-order chi connectivity index (χ0) is 14.2. The standard InChI is InChI=1S/C17H24N2O/c1-17(11-18,15-7-8-15)19-16(20)10-12-5-6-13-3-2-4-14(13)9-12/h5-6,9,15H,2-4,7-8,10-11,18H2,1H3,(H,19,20). The molecule has 0 saturated heterocycles. The molecular weight excluding hydrogens is 248 g/mol. The van der Waals surface area contributed by atoms with E-state index in [9.17, 15) is 4.79 Å². The lowest BCUT2D eigenvalue weighted by atomic mass is 9.95. The van der Waals surface area contributed by atoms with E-state index < -0.39 is 0 Å². The number of hydrogen-bond acceptors (Lipinski definition) is 2. The van der Waals surface area contributed by atoms with Crippen molar-refractivity contribution in [3.63, 3.8) is 0 Å². The van der Waals surface area contributed by atoms with E-state index in [1.165, 1.54) is 36.8 Å². The second-order valence-corrected chi connectivity index (χ2v) is 6.58. The van der Waals surface area contributed by atoms with Crippen LogP contribution in [0.15, 0.2) is 18.2 Å². The molecule has 0 aliphatic heterocycles. The highest BCUT2D eigenvalue weighted by Gasteiger charge is 2.41. The van der Waals surface area contributed by atoms with Gasteiger partial charge in [-0.3, -0.25) is 4.79 Å². The second-order valence-electron chi connectivity index (χ2n) is 6.58. The van der Waals surface area contributed by atoms with Crippen molar-refractivity contribution in [1.29, 1.82) is 0 Å². The van der Waals surface area contributed by atoms with Crippen LogP contribution >= 0.6 is 0 Å². The molecule has 0 radical (unpaired) electrons. The highest BCUT2D eigenvalue weighted by molar-refractivity contribution is 5.79. The van der Waals surface area contributed by atoms with Gasteiger partial charge >= 0.3 is 0 Å². The van der Waals surface area contributed by atoms with Crippen molar-refractivity contribution in [1.82, 2.24) is 5.32 Å². The molecule has 1 atom stereocenters. The molecule has 20 heavy (non-hydrogen) atoms. The fraction of sp³-hybridized carbons (Fsp3) is 0.588. The summed E-state index contributed by atoms with van der Waals surface area (Å²) in [6.45, 7) is 2.60. The summed E-state index contributed by atoms with van der Waals surface area (Å²) in [6, 6.07) is 6.49. The van der Waals surface area contributed by atoms with Crippen LogP contribution in [0.25, 0.3) is 0 Å². The minimum atomic E-state index is -0.214. The normalized spacial score (nSPS) is 20.3. The highest BCUT2D eigenvalue weighted by Crippen LogP contribution is 2.39. The smallest absolute Gasteiger partial charge is 0.224 e. The van der Waals surface area contributed by atoms with Gasteiger partial charge in [0.05, 0.1) is 12.0 Å². The molecule has 3 rings (SSSR count). The summed E-state index contributed by atoms with van der Waals surface area (Å²) in [4.78, 5) is 12.3. The fourth-order valence-electron chi connectivity index (χ4n) is 3.32. The number of hydrogen-bond donors (Lipinski definition) is 2. The minimum absolute atomic E-state index is 0.0998. The Balaban J connectivity index is 1.64. The van der Waals surface area contributed by atoms with Crippen molar-refractivity contribution < 1.29 is 4.79 Å². The van der Waals surface area contributed by atoms with Gasteiger partial charge in [-0.15, -0.1) is 0 Å². The summed E-state index contributed by atoms with van der Waals surface area (Å²) < 4.78 is 0. The number of nitrogens with one attached hydrogen (secondary N) is 1. The van der Waals surface area contributed by atoms with Gasteiger partial charge in [0.1, 0.15) is 0 Å². The van der Waals surface area contributed by atoms with Crippen LogP contribution in [0.5, 0.6) is 0 Å². The maximum Gasteiger partial charge on any atom is 0.224 e. The molecule has 0 heterocycles. The number of aryl methyl sites for hydroxylation is 2. The van der Waals surface area contributed by atoms with E-state index in [1.54, 1.807) is 0 Å². The molecule has 1 fully saturated rings. The molecule has 3 N–H and O–H groups in total. The average Bonchev–Trinajstić information content (AvgIpc) is 3.18. The summed E-state index contributed by atoms with van der Waals surface area (Å²) in [5.74, 6) is 0.666. The van der Waals surface area contributed by atoms with Crippen LogP contribution in [-0.4, -0.2) is 18.0 Å². The summed E-state index contributed by atoms with van der Waals surface area (Å²) in [6.07, 6.45) is 6.44. The molecule has 2 aliphatic carbocycles. The largest absolute Gasteiger partial charge is 0.349 e. The van der Waals surface area contributed by atoms with Gasteiger partial charge in [0, 0.05) is 6.54 Å². The molecular formula is C17H24N2O. The Morgan fingerprint density at radius 3 is 2.80 bits per heavy atom. The predicted molar refractivity (Wildman–Crippen MR) is 80.5 cm³/mol. The molecule has 0 spiro atoms. The SMILES string of the molecule is CC(CN)(NC(=O)Cc1ccc2c(c1)CCC2)C1CC1. The van der Waals surface area contributed by atoms with Gasteiger partial charge in [-0.25, -0.2) is 0 Å². The number of benzene rings is 1. The molecule has 108 valence electrons. The third-order valence-electron chi connectivity index (χ3n) is 4.85. The van der Waals surface area contributed by atoms with Crippen LogP contribution < -0.4 is 11.1 Å². The zero-order valence-electron chi connectivity index (χ0n) is 12.2. The molecule has 3 heteroatoms. The molecule has 0 bridgehead atoms. The molecule has 2 aliphatic rings. The van der Waals surface area contributed by atoms with Crippen LogP contribution in [0.2, 0.25) is 0 Å². The van der Waals surface area contributed by atoms with Gasteiger partial charge in [0.15, 0.2) is 0 Å². The second kappa shape index (κ2) is 5.21. The molecule has 1 amide bonds. The zero-order valence-corrected chi connectivity index (χ0v) is 12.2. The lowest BCUT2D eigenvalue weighted by Gasteiger charge is -2.29. The van der Waals surface area contributed by atoms with Crippen LogP contribution in [-0.2, 0) is 24.1 Å². The van der Waals surface area contributed by atoms with Gasteiger partial charge in [0.2, 0.25) is 5.91 Å². The Bertz CT molecular complexity index is 522. The average molecular weight is 272 g/mol. The molecule has 1 aromatic carbocycles. The first-order valence-electron chi connectivity index (χ1n) is 7.72. The number of carbonyl (C=O) groups excluding carboxylic acids is 1. The molecule has 1 saturated carbocycles. The van der Waals surface area contributed by atoms with E-state index in [4.69, 9.17) is 5.73 Å². The highest BCUT2D eigenvalue weighted by atomic mass is 16.1. The third kappa shape index (κ3) is 2.73. The topological polar surface area (TPSA) is 55.1 Å². The predicted octanol–water partition coefficient (Wildman–Crippen LogP) is 1.96. The Morgan fingerprint density at radius 2 is 2.10 bits per heavy atom. The van der Waals surface area contributed by atoms with Gasteiger partial charge in [-0.05, 0) is 61.6 Å². The van der Waals surface area contributed by atoms with Crippen molar-refractivity contribution in [3.8, 4) is 0 Å². The van der Waals surface area contributed by atoms with Gasteiger partial charge in [-0.1, -0.05) is 18.2 Å². The fourth-order valence-corrected chi connectivity index (χ4v) is 3.32. The minimum Gasteiger partial charge on any atom is -0.349 e. The van der Waals surface area contributed by atoms with Crippen molar-refractivity contribution in [3.05, 3.63) is 34.9 Å². The number of carbonyl (C=O) groups is 1. The monoisotopic (exact) mass is 272 g/mol. The lowest BCUT2D eigenvalue weighted by Crippen LogP contribution is -2.53. The summed E-state index contributed by atoms with van der Waals surface area (Å²) >= 11 is 0. The Kier molecular flexibility index (Phi) is 3.55. The number of rotatable bonds is 5. The molecule has 1 unspecified atom stereocenters. The summed E-state index contributed by atoms with van der Waals surface area (Å²) in [7, 11) is 0. The van der Waals surface area contributed by atoms with E-state index in [-0.39, 0.29) is 11.4 Å². The number of nitrogens with two attached hydrogens (primary N) is 1. The van der Waals surface area contributed by atoms with Gasteiger partial charge < -0.3 is 11.1 Å².